The number of nitrogens with one attached hydrogen (secondary N) is 1. The molecule has 0 aliphatic carbocycles. The largest absolute Gasteiger partial charge is 0.508 e. The first kappa shape index (κ1) is 11.4. The van der Waals surface area contributed by atoms with Crippen LogP contribution in [0.2, 0.25) is 0 Å². The van der Waals surface area contributed by atoms with Gasteiger partial charge in [-0.1, -0.05) is 12.1 Å². The quantitative estimate of drug-likeness (QED) is 0.610. The molecule has 4 heteroatoms. The zero-order valence-electron chi connectivity index (χ0n) is 8.95. The van der Waals surface area contributed by atoms with Crippen molar-refractivity contribution < 1.29 is 14.3 Å². The van der Waals surface area contributed by atoms with Gasteiger partial charge in [0, 0.05) is 12.2 Å². The van der Waals surface area contributed by atoms with E-state index in [2.05, 4.69) is 10.1 Å². The third-order valence-corrected chi connectivity index (χ3v) is 1.84. The first-order chi connectivity index (χ1) is 7.22. The molecule has 0 radical (unpaired) electrons. The highest BCUT2D eigenvalue weighted by Gasteiger charge is 1.98. The van der Waals surface area contributed by atoms with E-state index in [4.69, 9.17) is 4.74 Å². The maximum absolute atomic E-state index is 10.6. The Bertz CT molecular complexity index is 325. The van der Waals surface area contributed by atoms with Crippen LogP contribution in [0.25, 0.3) is 0 Å². The molecule has 0 bridgehead atoms. The van der Waals surface area contributed by atoms with E-state index in [1.54, 1.807) is 0 Å². The summed E-state index contributed by atoms with van der Waals surface area (Å²) in [7, 11) is 1.29. The Hall–Kier alpha value is -1.71. The second-order valence-corrected chi connectivity index (χ2v) is 3.10. The van der Waals surface area contributed by atoms with Gasteiger partial charge in [0.05, 0.1) is 7.11 Å². The number of ether oxygens (including phenoxy) is 2. The van der Waals surface area contributed by atoms with Crippen LogP contribution in [0.3, 0.4) is 0 Å². The number of anilines is 1. The van der Waals surface area contributed by atoms with Gasteiger partial charge >= 0.3 is 6.16 Å². The number of aryl methyl sites for hydroxylation is 1. The number of carbonyl (C=O) groups excluding carboxylic acids is 1. The van der Waals surface area contributed by atoms with E-state index in [0.717, 1.165) is 5.69 Å². The zero-order chi connectivity index (χ0) is 11.1. The van der Waals surface area contributed by atoms with Gasteiger partial charge in [0.2, 0.25) is 0 Å². The van der Waals surface area contributed by atoms with Crippen LogP contribution in [-0.2, 0) is 9.47 Å². The van der Waals surface area contributed by atoms with Crippen molar-refractivity contribution in [3.8, 4) is 0 Å². The third kappa shape index (κ3) is 4.35. The molecule has 1 aromatic rings. The Morgan fingerprint density at radius 2 is 2.27 bits per heavy atom. The Morgan fingerprint density at radius 1 is 1.47 bits per heavy atom. The summed E-state index contributed by atoms with van der Waals surface area (Å²) in [5, 5.41) is 3.13. The van der Waals surface area contributed by atoms with Crippen molar-refractivity contribution in [3.63, 3.8) is 0 Å². The molecule has 15 heavy (non-hydrogen) atoms. The van der Waals surface area contributed by atoms with Crippen LogP contribution >= 0.6 is 0 Å². The van der Waals surface area contributed by atoms with Gasteiger partial charge in [0.25, 0.3) is 0 Å². The van der Waals surface area contributed by atoms with E-state index < -0.39 is 6.16 Å². The van der Waals surface area contributed by atoms with Gasteiger partial charge in [-0.2, -0.15) is 0 Å². The van der Waals surface area contributed by atoms with Crippen LogP contribution in [0.5, 0.6) is 0 Å². The Morgan fingerprint density at radius 3 is 2.93 bits per heavy atom. The van der Waals surface area contributed by atoms with Crippen molar-refractivity contribution in [2.45, 2.75) is 6.92 Å². The fourth-order valence-electron chi connectivity index (χ4n) is 1.14. The van der Waals surface area contributed by atoms with Gasteiger partial charge in [-0.15, -0.1) is 0 Å². The van der Waals surface area contributed by atoms with Crippen molar-refractivity contribution in [3.05, 3.63) is 29.8 Å². The Kier molecular flexibility index (Phi) is 4.47. The van der Waals surface area contributed by atoms with Crippen molar-refractivity contribution in [1.29, 1.82) is 0 Å². The molecule has 1 rings (SSSR count). The van der Waals surface area contributed by atoms with Gasteiger partial charge in [-0.25, -0.2) is 4.79 Å². The average molecular weight is 209 g/mol. The van der Waals surface area contributed by atoms with Crippen molar-refractivity contribution in [2.24, 2.45) is 0 Å². The summed E-state index contributed by atoms with van der Waals surface area (Å²) in [6.07, 6.45) is -0.652. The van der Waals surface area contributed by atoms with E-state index in [9.17, 15) is 4.79 Å². The lowest BCUT2D eigenvalue weighted by Crippen LogP contribution is -2.13. The molecule has 1 N–H and O–H groups in total. The molecule has 0 aliphatic rings. The van der Waals surface area contributed by atoms with E-state index in [1.165, 1.54) is 12.7 Å². The molecular formula is C11H15NO3. The lowest BCUT2D eigenvalue weighted by Gasteiger charge is -2.07. The van der Waals surface area contributed by atoms with Gasteiger partial charge in [0.15, 0.2) is 0 Å². The van der Waals surface area contributed by atoms with Gasteiger partial charge < -0.3 is 14.8 Å². The number of hydrogen-bond acceptors (Lipinski definition) is 4. The summed E-state index contributed by atoms with van der Waals surface area (Å²) in [5.74, 6) is 0. The first-order valence-corrected chi connectivity index (χ1v) is 4.73. The summed E-state index contributed by atoms with van der Waals surface area (Å²) in [6, 6.07) is 7.98. The highest BCUT2D eigenvalue weighted by atomic mass is 16.7. The topological polar surface area (TPSA) is 47.6 Å². The molecule has 0 fully saturated rings. The maximum Gasteiger partial charge on any atom is 0.508 e. The molecule has 0 spiro atoms. The van der Waals surface area contributed by atoms with Crippen molar-refractivity contribution in [1.82, 2.24) is 0 Å². The summed E-state index contributed by atoms with van der Waals surface area (Å²) < 4.78 is 9.05. The lowest BCUT2D eigenvalue weighted by atomic mass is 10.2. The van der Waals surface area contributed by atoms with Crippen LogP contribution in [0.4, 0.5) is 10.5 Å². The molecule has 0 atom stereocenters. The predicted molar refractivity (Wildman–Crippen MR) is 58.0 cm³/mol. The van der Waals surface area contributed by atoms with E-state index in [-0.39, 0.29) is 0 Å². The first-order valence-electron chi connectivity index (χ1n) is 4.73. The molecule has 0 saturated carbocycles. The predicted octanol–water partition coefficient (Wildman–Crippen LogP) is 2.19. The average Bonchev–Trinajstić information content (AvgIpc) is 2.24. The summed E-state index contributed by atoms with van der Waals surface area (Å²) >= 11 is 0. The third-order valence-electron chi connectivity index (χ3n) is 1.84. The minimum absolute atomic E-state index is 0.292. The van der Waals surface area contributed by atoms with E-state index in [0.29, 0.717) is 13.2 Å². The Balaban J connectivity index is 2.23. The molecule has 0 saturated heterocycles. The maximum atomic E-state index is 10.6. The number of rotatable bonds is 4. The molecule has 0 aromatic heterocycles. The van der Waals surface area contributed by atoms with Crippen LogP contribution in [-0.4, -0.2) is 26.4 Å². The van der Waals surface area contributed by atoms with E-state index in [1.807, 2.05) is 31.2 Å². The van der Waals surface area contributed by atoms with Crippen molar-refractivity contribution >= 4 is 11.8 Å². The summed E-state index contributed by atoms with van der Waals surface area (Å²) in [5.41, 5.74) is 2.21. The molecule has 0 unspecified atom stereocenters. The van der Waals surface area contributed by atoms with Gasteiger partial charge in [-0.3, -0.25) is 0 Å². The Labute approximate surface area is 89.2 Å². The van der Waals surface area contributed by atoms with Crippen LogP contribution < -0.4 is 5.32 Å². The normalized spacial score (nSPS) is 9.47. The smallest absolute Gasteiger partial charge is 0.438 e. The number of methoxy groups -OCH3 is 1. The van der Waals surface area contributed by atoms with E-state index >= 15 is 0 Å². The molecule has 0 aliphatic heterocycles. The molecule has 0 amide bonds. The summed E-state index contributed by atoms with van der Waals surface area (Å²) in [6.45, 7) is 2.88. The standard InChI is InChI=1S/C11H15NO3/c1-9-4-3-5-10(8-9)12-6-7-15-11(13)14-2/h3-5,8,12H,6-7H2,1-2H3. The minimum atomic E-state index is -0.652. The minimum Gasteiger partial charge on any atom is -0.438 e. The lowest BCUT2D eigenvalue weighted by molar-refractivity contribution is 0.0759. The molecule has 1 aromatic carbocycles. The van der Waals surface area contributed by atoms with Crippen LogP contribution in [0.15, 0.2) is 24.3 Å². The number of benzene rings is 1. The highest BCUT2D eigenvalue weighted by molar-refractivity contribution is 5.59. The fourth-order valence-corrected chi connectivity index (χ4v) is 1.14. The van der Waals surface area contributed by atoms with Crippen LogP contribution in [0, 0.1) is 6.92 Å². The monoisotopic (exact) mass is 209 g/mol. The molecule has 4 nitrogen and oxygen atoms in total. The fraction of sp³-hybridized carbons (Fsp3) is 0.364. The molecular weight excluding hydrogens is 194 g/mol. The number of carbonyl (C=O) groups is 1. The SMILES string of the molecule is COC(=O)OCCNc1cccc(C)c1. The number of hydrogen-bond donors (Lipinski definition) is 1. The highest BCUT2D eigenvalue weighted by Crippen LogP contribution is 2.08. The second kappa shape index (κ2) is 5.90. The zero-order valence-corrected chi connectivity index (χ0v) is 8.95. The molecule has 0 heterocycles. The van der Waals surface area contributed by atoms with Crippen LogP contribution in [0.1, 0.15) is 5.56 Å². The second-order valence-electron chi connectivity index (χ2n) is 3.10. The van der Waals surface area contributed by atoms with Gasteiger partial charge in [-0.05, 0) is 24.6 Å². The van der Waals surface area contributed by atoms with Gasteiger partial charge in [0.1, 0.15) is 6.61 Å². The molecule has 82 valence electrons. The summed E-state index contributed by atoms with van der Waals surface area (Å²) in [4.78, 5) is 10.6. The van der Waals surface area contributed by atoms with Crippen molar-refractivity contribution in [2.75, 3.05) is 25.6 Å².